The summed E-state index contributed by atoms with van der Waals surface area (Å²) < 4.78 is 13.7. The Balaban J connectivity index is 1.53. The summed E-state index contributed by atoms with van der Waals surface area (Å²) in [4.78, 5) is 15.7. The van der Waals surface area contributed by atoms with Crippen LogP contribution in [0.15, 0.2) is 42.5 Å². The van der Waals surface area contributed by atoms with E-state index in [1.165, 1.54) is 34.3 Å². The van der Waals surface area contributed by atoms with E-state index in [2.05, 4.69) is 35.3 Å². The zero-order chi connectivity index (χ0) is 17.8. The van der Waals surface area contributed by atoms with Gasteiger partial charge in [0.15, 0.2) is 6.54 Å². The van der Waals surface area contributed by atoms with Crippen molar-refractivity contribution in [1.29, 1.82) is 0 Å². The van der Waals surface area contributed by atoms with E-state index in [1.54, 1.807) is 0 Å². The van der Waals surface area contributed by atoms with Gasteiger partial charge in [0.05, 0.1) is 31.9 Å². The van der Waals surface area contributed by atoms with Crippen molar-refractivity contribution >= 4 is 28.9 Å². The molecule has 0 saturated carbocycles. The minimum Gasteiger partial charge on any atom is -0.360 e. The van der Waals surface area contributed by atoms with Crippen LogP contribution >= 0.6 is 11.6 Å². The van der Waals surface area contributed by atoms with Gasteiger partial charge in [0.2, 0.25) is 0 Å². The van der Waals surface area contributed by atoms with E-state index in [4.69, 9.17) is 11.6 Å². The van der Waals surface area contributed by atoms with Gasteiger partial charge >= 0.3 is 0 Å². The van der Waals surface area contributed by atoms with Crippen LogP contribution in [0.3, 0.4) is 0 Å². The van der Waals surface area contributed by atoms with Crippen LogP contribution < -0.4 is 15.1 Å². The van der Waals surface area contributed by atoms with E-state index in [9.17, 15) is 9.18 Å². The molecule has 1 saturated heterocycles. The number of aryl methyl sites for hydroxylation is 1. The van der Waals surface area contributed by atoms with Crippen molar-refractivity contribution in [2.24, 2.45) is 0 Å². The molecule has 0 atom stereocenters. The maximum Gasteiger partial charge on any atom is 0.279 e. The molecule has 1 amide bonds. The number of carbonyl (C=O) groups excluding carboxylic acids is 1. The highest BCUT2D eigenvalue weighted by Gasteiger charge is 2.23. The first-order chi connectivity index (χ1) is 12.0. The van der Waals surface area contributed by atoms with Crippen molar-refractivity contribution in [1.82, 2.24) is 0 Å². The fourth-order valence-electron chi connectivity index (χ4n) is 3.17. The zero-order valence-corrected chi connectivity index (χ0v) is 14.9. The first-order valence-electron chi connectivity index (χ1n) is 8.42. The molecule has 2 aromatic rings. The number of rotatable bonds is 4. The fraction of sp³-hybridized carbons (Fsp3) is 0.316. The molecule has 0 spiro atoms. The maximum absolute atomic E-state index is 13.7. The molecule has 1 heterocycles. The van der Waals surface area contributed by atoms with Gasteiger partial charge < -0.3 is 15.1 Å². The Hall–Kier alpha value is -2.11. The summed E-state index contributed by atoms with van der Waals surface area (Å²) in [5.41, 5.74) is 2.66. The summed E-state index contributed by atoms with van der Waals surface area (Å²) in [5.74, 6) is -0.669. The molecule has 25 heavy (non-hydrogen) atoms. The van der Waals surface area contributed by atoms with Crippen LogP contribution in [0.4, 0.5) is 15.8 Å². The third kappa shape index (κ3) is 4.50. The molecule has 0 aliphatic carbocycles. The lowest BCUT2D eigenvalue weighted by Gasteiger charge is -2.34. The van der Waals surface area contributed by atoms with E-state index in [0.29, 0.717) is 11.6 Å². The molecule has 2 aromatic carbocycles. The van der Waals surface area contributed by atoms with Crippen molar-refractivity contribution in [3.8, 4) is 0 Å². The smallest absolute Gasteiger partial charge is 0.279 e. The second kappa shape index (κ2) is 7.85. The molecular formula is C19H22ClFN3O+. The number of piperazine rings is 1. The molecular weight excluding hydrogens is 341 g/mol. The summed E-state index contributed by atoms with van der Waals surface area (Å²) in [6.45, 7) is 5.99. The van der Waals surface area contributed by atoms with Crippen LogP contribution in [0.2, 0.25) is 5.02 Å². The second-order valence-electron chi connectivity index (χ2n) is 6.37. The third-order valence-electron chi connectivity index (χ3n) is 4.54. The molecule has 0 bridgehead atoms. The average molecular weight is 363 g/mol. The first-order valence-corrected chi connectivity index (χ1v) is 8.80. The topological polar surface area (TPSA) is 36.8 Å². The molecule has 0 aromatic heterocycles. The van der Waals surface area contributed by atoms with Crippen LogP contribution in [-0.4, -0.2) is 38.6 Å². The Morgan fingerprint density at radius 3 is 2.68 bits per heavy atom. The van der Waals surface area contributed by atoms with E-state index in [1.807, 2.05) is 6.07 Å². The molecule has 6 heteroatoms. The van der Waals surface area contributed by atoms with Crippen LogP contribution in [0.25, 0.3) is 0 Å². The summed E-state index contributed by atoms with van der Waals surface area (Å²) in [6.07, 6.45) is 0. The summed E-state index contributed by atoms with van der Waals surface area (Å²) >= 11 is 5.85. The number of hydrogen-bond acceptors (Lipinski definition) is 2. The lowest BCUT2D eigenvalue weighted by atomic mass is 10.1. The van der Waals surface area contributed by atoms with E-state index in [-0.39, 0.29) is 11.6 Å². The highest BCUT2D eigenvalue weighted by molar-refractivity contribution is 6.30. The molecule has 4 nitrogen and oxygen atoms in total. The predicted molar refractivity (Wildman–Crippen MR) is 99.0 cm³/mol. The number of carbonyl (C=O) groups is 1. The third-order valence-corrected chi connectivity index (χ3v) is 4.77. The SMILES string of the molecule is Cc1ccccc1N1CC[NH+](CC(=O)Nc2cc(Cl)ccc2F)CC1. The first kappa shape index (κ1) is 17.7. The molecule has 1 aliphatic rings. The number of benzene rings is 2. The summed E-state index contributed by atoms with van der Waals surface area (Å²) in [6, 6.07) is 12.5. The normalized spacial score (nSPS) is 15.2. The molecule has 1 aliphatic heterocycles. The molecule has 1 fully saturated rings. The number of hydrogen-bond donors (Lipinski definition) is 2. The molecule has 0 unspecified atom stereocenters. The minimum absolute atomic E-state index is 0.135. The van der Waals surface area contributed by atoms with Crippen molar-refractivity contribution in [2.75, 3.05) is 42.9 Å². The Kier molecular flexibility index (Phi) is 5.56. The van der Waals surface area contributed by atoms with Crippen molar-refractivity contribution in [2.45, 2.75) is 6.92 Å². The minimum atomic E-state index is -0.475. The predicted octanol–water partition coefficient (Wildman–Crippen LogP) is 2.13. The molecule has 0 radical (unpaired) electrons. The van der Waals surface area contributed by atoms with Gasteiger partial charge in [-0.05, 0) is 36.8 Å². The molecule has 132 valence electrons. The van der Waals surface area contributed by atoms with Crippen LogP contribution in [0.1, 0.15) is 5.56 Å². The van der Waals surface area contributed by atoms with E-state index < -0.39 is 5.82 Å². The zero-order valence-electron chi connectivity index (χ0n) is 14.2. The highest BCUT2D eigenvalue weighted by Crippen LogP contribution is 2.20. The Morgan fingerprint density at radius 1 is 1.24 bits per heavy atom. The number of quaternary nitrogens is 1. The van der Waals surface area contributed by atoms with Crippen molar-refractivity contribution in [3.05, 3.63) is 58.9 Å². The Morgan fingerprint density at radius 2 is 1.96 bits per heavy atom. The van der Waals surface area contributed by atoms with Gasteiger partial charge in [0.25, 0.3) is 5.91 Å². The number of anilines is 2. The van der Waals surface area contributed by atoms with Gasteiger partial charge in [-0.1, -0.05) is 29.8 Å². The van der Waals surface area contributed by atoms with Crippen LogP contribution in [0, 0.1) is 12.7 Å². The van der Waals surface area contributed by atoms with E-state index >= 15 is 0 Å². The van der Waals surface area contributed by atoms with Crippen LogP contribution in [0.5, 0.6) is 0 Å². The standard InChI is InChI=1S/C19H21ClFN3O/c1-14-4-2-3-5-18(14)24-10-8-23(9-11-24)13-19(25)22-17-12-15(20)6-7-16(17)21/h2-7,12H,8-11,13H2,1H3,(H,22,25)/p+1. The Bertz CT molecular complexity index is 760. The quantitative estimate of drug-likeness (QED) is 0.874. The number of amides is 1. The largest absolute Gasteiger partial charge is 0.360 e. The maximum atomic E-state index is 13.7. The molecule has 2 N–H and O–H groups in total. The summed E-state index contributed by atoms with van der Waals surface area (Å²) in [5, 5.41) is 3.02. The van der Waals surface area contributed by atoms with Crippen molar-refractivity contribution in [3.63, 3.8) is 0 Å². The van der Waals surface area contributed by atoms with Gasteiger partial charge in [0.1, 0.15) is 5.82 Å². The number of nitrogens with one attached hydrogen (secondary N) is 2. The second-order valence-corrected chi connectivity index (χ2v) is 6.81. The summed E-state index contributed by atoms with van der Waals surface area (Å²) in [7, 11) is 0. The van der Waals surface area contributed by atoms with Gasteiger partial charge in [0, 0.05) is 10.7 Å². The lowest BCUT2D eigenvalue weighted by molar-refractivity contribution is -0.892. The highest BCUT2D eigenvalue weighted by atomic mass is 35.5. The average Bonchev–Trinajstić information content (AvgIpc) is 2.59. The Labute approximate surface area is 152 Å². The van der Waals surface area contributed by atoms with E-state index in [0.717, 1.165) is 26.2 Å². The van der Waals surface area contributed by atoms with Crippen molar-refractivity contribution < 1.29 is 14.1 Å². The van der Waals surface area contributed by atoms with Gasteiger partial charge in [-0.2, -0.15) is 0 Å². The lowest BCUT2D eigenvalue weighted by Crippen LogP contribution is -3.15. The monoisotopic (exact) mass is 362 g/mol. The van der Waals surface area contributed by atoms with Gasteiger partial charge in [-0.25, -0.2) is 4.39 Å². The molecule has 3 rings (SSSR count). The van der Waals surface area contributed by atoms with Gasteiger partial charge in [-0.3, -0.25) is 4.79 Å². The van der Waals surface area contributed by atoms with Crippen LogP contribution in [-0.2, 0) is 4.79 Å². The van der Waals surface area contributed by atoms with Gasteiger partial charge in [-0.15, -0.1) is 0 Å². The number of nitrogens with zero attached hydrogens (tertiary/aromatic N) is 1. The fourth-order valence-corrected chi connectivity index (χ4v) is 3.35. The number of para-hydroxylation sites is 1. The number of halogens is 2.